The molecule has 0 saturated heterocycles. The average molecular weight is 397 g/mol. The molecule has 0 saturated carbocycles. The van der Waals surface area contributed by atoms with Crippen molar-refractivity contribution in [3.05, 3.63) is 57.2 Å². The molecule has 0 atom stereocenters. The quantitative estimate of drug-likeness (QED) is 0.572. The van der Waals surface area contributed by atoms with Gasteiger partial charge in [-0.25, -0.2) is 0 Å². The summed E-state index contributed by atoms with van der Waals surface area (Å²) in [5, 5.41) is 3.46. The van der Waals surface area contributed by atoms with Gasteiger partial charge in [0, 0.05) is 10.1 Å². The molecule has 112 valence electrons. The molecule has 0 heterocycles. The second-order valence-electron chi connectivity index (χ2n) is 4.74. The normalized spacial score (nSPS) is 10.4. The third-order valence-electron chi connectivity index (χ3n) is 3.28. The van der Waals surface area contributed by atoms with E-state index in [2.05, 4.69) is 58.2 Å². The molecule has 21 heavy (non-hydrogen) atoms. The van der Waals surface area contributed by atoms with Crippen molar-refractivity contribution in [2.75, 3.05) is 20.8 Å². The van der Waals surface area contributed by atoms with Crippen LogP contribution in [0.5, 0.6) is 11.5 Å². The second-order valence-corrected chi connectivity index (χ2v) is 5.99. The predicted octanol–water partition coefficient (Wildman–Crippen LogP) is 3.64. The molecule has 0 fully saturated rings. The summed E-state index contributed by atoms with van der Waals surface area (Å²) < 4.78 is 11.8. The number of halogens is 1. The Kier molecular flexibility index (Phi) is 6.32. The molecule has 3 nitrogen and oxygen atoms in total. The molecule has 0 radical (unpaired) electrons. The molecule has 2 aromatic carbocycles. The van der Waals surface area contributed by atoms with E-state index in [1.165, 1.54) is 14.7 Å². The van der Waals surface area contributed by atoms with E-state index in [9.17, 15) is 0 Å². The molecular formula is C17H20INO2. The van der Waals surface area contributed by atoms with Crippen molar-refractivity contribution < 1.29 is 9.47 Å². The van der Waals surface area contributed by atoms with E-state index in [1.807, 2.05) is 12.1 Å². The molecule has 4 heteroatoms. The lowest BCUT2D eigenvalue weighted by Crippen LogP contribution is -2.16. The number of ether oxygens (including phenoxy) is 2. The summed E-state index contributed by atoms with van der Waals surface area (Å²) in [5.74, 6) is 1.56. The Morgan fingerprint density at radius 3 is 2.24 bits per heavy atom. The van der Waals surface area contributed by atoms with Crippen molar-refractivity contribution in [1.29, 1.82) is 0 Å². The highest BCUT2D eigenvalue weighted by atomic mass is 127. The lowest BCUT2D eigenvalue weighted by Gasteiger charge is -2.10. The maximum absolute atomic E-state index is 5.32. The van der Waals surface area contributed by atoms with Gasteiger partial charge in [0.1, 0.15) is 0 Å². The molecule has 2 rings (SSSR count). The fraction of sp³-hybridized carbons (Fsp3) is 0.294. The average Bonchev–Trinajstić information content (AvgIpc) is 2.53. The molecule has 0 amide bonds. The van der Waals surface area contributed by atoms with Crippen molar-refractivity contribution >= 4 is 22.6 Å². The molecular weight excluding hydrogens is 377 g/mol. The Balaban J connectivity index is 1.82. The van der Waals surface area contributed by atoms with Crippen molar-refractivity contribution in [2.45, 2.75) is 13.0 Å². The Morgan fingerprint density at radius 2 is 1.57 bits per heavy atom. The van der Waals surface area contributed by atoms with Crippen LogP contribution >= 0.6 is 22.6 Å². The number of hydrogen-bond acceptors (Lipinski definition) is 3. The highest BCUT2D eigenvalue weighted by Crippen LogP contribution is 2.27. The minimum Gasteiger partial charge on any atom is -0.493 e. The predicted molar refractivity (Wildman–Crippen MR) is 94.1 cm³/mol. The van der Waals surface area contributed by atoms with Crippen LogP contribution in [0.3, 0.4) is 0 Å². The largest absolute Gasteiger partial charge is 0.493 e. The molecule has 1 N–H and O–H groups in total. The van der Waals surface area contributed by atoms with Gasteiger partial charge in [0.05, 0.1) is 14.2 Å². The summed E-state index contributed by atoms with van der Waals surface area (Å²) in [5.41, 5.74) is 2.55. The van der Waals surface area contributed by atoms with Crippen molar-refractivity contribution in [2.24, 2.45) is 0 Å². The number of methoxy groups -OCH3 is 2. The van der Waals surface area contributed by atoms with E-state index in [-0.39, 0.29) is 0 Å². The van der Waals surface area contributed by atoms with Gasteiger partial charge in [-0.3, -0.25) is 0 Å². The fourth-order valence-electron chi connectivity index (χ4n) is 2.10. The molecule has 0 spiro atoms. The van der Waals surface area contributed by atoms with Gasteiger partial charge in [-0.05, 0) is 70.9 Å². The van der Waals surface area contributed by atoms with Crippen molar-refractivity contribution in [3.8, 4) is 11.5 Å². The Hall–Kier alpha value is -1.27. The van der Waals surface area contributed by atoms with Gasteiger partial charge in [-0.15, -0.1) is 0 Å². The van der Waals surface area contributed by atoms with Gasteiger partial charge < -0.3 is 14.8 Å². The maximum Gasteiger partial charge on any atom is 0.160 e. The van der Waals surface area contributed by atoms with E-state index >= 15 is 0 Å². The monoisotopic (exact) mass is 397 g/mol. The molecule has 0 unspecified atom stereocenters. The number of nitrogens with one attached hydrogen (secondary N) is 1. The Bertz CT molecular complexity index is 570. The summed E-state index contributed by atoms with van der Waals surface area (Å²) in [7, 11) is 3.32. The molecule has 0 aliphatic heterocycles. The Morgan fingerprint density at radius 1 is 0.905 bits per heavy atom. The lowest BCUT2D eigenvalue weighted by atomic mass is 10.1. The van der Waals surface area contributed by atoms with Crippen LogP contribution in [-0.4, -0.2) is 20.8 Å². The smallest absolute Gasteiger partial charge is 0.160 e. The van der Waals surface area contributed by atoms with Gasteiger partial charge in [-0.1, -0.05) is 18.2 Å². The standard InChI is InChI=1S/C17H20INO2/c1-20-16-8-5-13(11-17(16)21-2)9-10-19-12-14-3-6-15(18)7-4-14/h3-8,11,19H,9-10,12H2,1-2H3. The van der Waals surface area contributed by atoms with Crippen LogP contribution in [0.15, 0.2) is 42.5 Å². The van der Waals surface area contributed by atoms with Crippen LogP contribution < -0.4 is 14.8 Å². The number of benzene rings is 2. The van der Waals surface area contributed by atoms with Crippen LogP contribution in [-0.2, 0) is 13.0 Å². The van der Waals surface area contributed by atoms with Crippen molar-refractivity contribution in [3.63, 3.8) is 0 Å². The highest BCUT2D eigenvalue weighted by molar-refractivity contribution is 14.1. The fourth-order valence-corrected chi connectivity index (χ4v) is 2.46. The van der Waals surface area contributed by atoms with E-state index in [4.69, 9.17) is 9.47 Å². The van der Waals surface area contributed by atoms with Crippen LogP contribution in [0, 0.1) is 3.57 Å². The molecule has 0 aromatic heterocycles. The SMILES string of the molecule is COc1ccc(CCNCc2ccc(I)cc2)cc1OC. The minimum absolute atomic E-state index is 0.771. The maximum atomic E-state index is 5.32. The zero-order chi connectivity index (χ0) is 15.1. The summed E-state index contributed by atoms with van der Waals surface area (Å²) in [6.07, 6.45) is 0.963. The summed E-state index contributed by atoms with van der Waals surface area (Å²) >= 11 is 2.32. The first-order valence-electron chi connectivity index (χ1n) is 6.89. The minimum atomic E-state index is 0.771. The van der Waals surface area contributed by atoms with Gasteiger partial charge in [0.15, 0.2) is 11.5 Å². The first-order chi connectivity index (χ1) is 10.2. The van der Waals surface area contributed by atoms with Crippen LogP contribution in [0.2, 0.25) is 0 Å². The number of rotatable bonds is 7. The van der Waals surface area contributed by atoms with E-state index in [1.54, 1.807) is 14.2 Å². The van der Waals surface area contributed by atoms with Crippen LogP contribution in [0.1, 0.15) is 11.1 Å². The van der Waals surface area contributed by atoms with Crippen LogP contribution in [0.25, 0.3) is 0 Å². The summed E-state index contributed by atoms with van der Waals surface area (Å²) in [6.45, 7) is 1.83. The second kappa shape index (κ2) is 8.24. The van der Waals surface area contributed by atoms with E-state index in [0.717, 1.165) is 31.0 Å². The van der Waals surface area contributed by atoms with Crippen LogP contribution in [0.4, 0.5) is 0 Å². The summed E-state index contributed by atoms with van der Waals surface area (Å²) in [4.78, 5) is 0. The first-order valence-corrected chi connectivity index (χ1v) is 7.97. The zero-order valence-electron chi connectivity index (χ0n) is 12.4. The van der Waals surface area contributed by atoms with Gasteiger partial charge >= 0.3 is 0 Å². The first kappa shape index (κ1) is 16.1. The highest BCUT2D eigenvalue weighted by Gasteiger charge is 2.04. The van der Waals surface area contributed by atoms with Gasteiger partial charge in [0.25, 0.3) is 0 Å². The van der Waals surface area contributed by atoms with Crippen molar-refractivity contribution in [1.82, 2.24) is 5.32 Å². The van der Waals surface area contributed by atoms with Gasteiger partial charge in [0.2, 0.25) is 0 Å². The third kappa shape index (κ3) is 4.89. The topological polar surface area (TPSA) is 30.5 Å². The Labute approximate surface area is 139 Å². The van der Waals surface area contributed by atoms with E-state index in [0.29, 0.717) is 0 Å². The van der Waals surface area contributed by atoms with E-state index < -0.39 is 0 Å². The molecule has 2 aromatic rings. The summed E-state index contributed by atoms with van der Waals surface area (Å²) in [6, 6.07) is 14.6. The molecule has 0 aliphatic carbocycles. The molecule has 0 bridgehead atoms. The molecule has 0 aliphatic rings. The third-order valence-corrected chi connectivity index (χ3v) is 4.00. The number of hydrogen-bond donors (Lipinski definition) is 1. The zero-order valence-corrected chi connectivity index (χ0v) is 14.5. The lowest BCUT2D eigenvalue weighted by molar-refractivity contribution is 0.354. The van der Waals surface area contributed by atoms with Gasteiger partial charge in [-0.2, -0.15) is 0 Å².